The molecule has 2 atom stereocenters. The van der Waals surface area contributed by atoms with Crippen LogP contribution in [0.25, 0.3) is 0 Å². The van der Waals surface area contributed by atoms with Crippen LogP contribution in [0.1, 0.15) is 24.5 Å². The molecular weight excluding hydrogens is 262 g/mol. The van der Waals surface area contributed by atoms with E-state index < -0.39 is 10.0 Å². The van der Waals surface area contributed by atoms with Crippen molar-refractivity contribution in [2.45, 2.75) is 31.2 Å². The first-order chi connectivity index (χ1) is 8.94. The van der Waals surface area contributed by atoms with E-state index in [0.29, 0.717) is 24.1 Å². The van der Waals surface area contributed by atoms with Crippen molar-refractivity contribution < 1.29 is 8.42 Å². The van der Waals surface area contributed by atoms with Crippen LogP contribution in [-0.4, -0.2) is 31.4 Å². The van der Waals surface area contributed by atoms with Crippen LogP contribution in [-0.2, 0) is 15.8 Å². The average Bonchev–Trinajstić information content (AvgIpc) is 2.70. The van der Waals surface area contributed by atoms with Crippen LogP contribution >= 0.6 is 0 Å². The minimum atomic E-state index is -3.38. The average molecular weight is 279 g/mol. The van der Waals surface area contributed by atoms with Crippen molar-refractivity contribution in [1.29, 1.82) is 5.26 Å². The van der Waals surface area contributed by atoms with E-state index in [2.05, 4.69) is 0 Å². The summed E-state index contributed by atoms with van der Waals surface area (Å²) < 4.78 is 26.2. The maximum atomic E-state index is 12.3. The molecule has 0 bridgehead atoms. The monoisotopic (exact) mass is 279 g/mol. The third kappa shape index (κ3) is 2.95. The van der Waals surface area contributed by atoms with Gasteiger partial charge in [0.2, 0.25) is 10.0 Å². The molecule has 6 heteroatoms. The van der Waals surface area contributed by atoms with Gasteiger partial charge in [0.15, 0.2) is 0 Å². The molecule has 1 aliphatic rings. The van der Waals surface area contributed by atoms with Crippen molar-refractivity contribution >= 4 is 10.0 Å². The number of hydrogen-bond donors (Lipinski definition) is 1. The van der Waals surface area contributed by atoms with Gasteiger partial charge in [-0.25, -0.2) is 8.42 Å². The molecule has 1 aromatic carbocycles. The van der Waals surface area contributed by atoms with E-state index in [0.717, 1.165) is 0 Å². The highest BCUT2D eigenvalue weighted by atomic mass is 32.2. The van der Waals surface area contributed by atoms with Gasteiger partial charge in [-0.3, -0.25) is 0 Å². The molecule has 2 rings (SSSR count). The molecular formula is C13H17N3O2S. The lowest BCUT2D eigenvalue weighted by Crippen LogP contribution is -2.40. The maximum Gasteiger partial charge on any atom is 0.218 e. The number of nitrogens with two attached hydrogens (primary N) is 1. The summed E-state index contributed by atoms with van der Waals surface area (Å²) in [5.74, 6) is -0.0838. The van der Waals surface area contributed by atoms with Gasteiger partial charge in [0.25, 0.3) is 0 Å². The van der Waals surface area contributed by atoms with Gasteiger partial charge in [0.05, 0.1) is 17.4 Å². The topological polar surface area (TPSA) is 87.2 Å². The van der Waals surface area contributed by atoms with Crippen LogP contribution in [0.2, 0.25) is 0 Å². The minimum Gasteiger partial charge on any atom is -0.326 e. The zero-order valence-corrected chi connectivity index (χ0v) is 11.6. The summed E-state index contributed by atoms with van der Waals surface area (Å²) in [4.78, 5) is 0. The number of rotatable bonds is 3. The van der Waals surface area contributed by atoms with Gasteiger partial charge >= 0.3 is 0 Å². The maximum absolute atomic E-state index is 12.3. The van der Waals surface area contributed by atoms with Crippen LogP contribution in [0, 0.1) is 11.3 Å². The van der Waals surface area contributed by atoms with Gasteiger partial charge in [-0.2, -0.15) is 9.57 Å². The van der Waals surface area contributed by atoms with Crippen LogP contribution in [0.5, 0.6) is 0 Å². The van der Waals surface area contributed by atoms with Crippen molar-refractivity contribution in [3.05, 3.63) is 35.4 Å². The Morgan fingerprint density at radius 2 is 2.26 bits per heavy atom. The van der Waals surface area contributed by atoms with Crippen LogP contribution in [0.4, 0.5) is 0 Å². The molecule has 102 valence electrons. The summed E-state index contributed by atoms with van der Waals surface area (Å²) in [6, 6.07) is 8.44. The number of hydrogen-bond acceptors (Lipinski definition) is 4. The third-order valence-electron chi connectivity index (χ3n) is 3.52. The first-order valence-electron chi connectivity index (χ1n) is 6.18. The Bertz CT molecular complexity index is 607. The Labute approximate surface area is 113 Å². The van der Waals surface area contributed by atoms with Crippen molar-refractivity contribution in [3.8, 4) is 6.07 Å². The van der Waals surface area contributed by atoms with E-state index in [1.807, 2.05) is 13.0 Å². The molecule has 0 saturated carbocycles. The van der Waals surface area contributed by atoms with Gasteiger partial charge in [0, 0.05) is 18.6 Å². The smallest absolute Gasteiger partial charge is 0.218 e. The number of sulfonamides is 1. The van der Waals surface area contributed by atoms with Crippen molar-refractivity contribution in [3.63, 3.8) is 0 Å². The summed E-state index contributed by atoms with van der Waals surface area (Å²) in [6.45, 7) is 2.31. The molecule has 1 aromatic rings. The lowest BCUT2D eigenvalue weighted by Gasteiger charge is -2.22. The second-order valence-corrected chi connectivity index (χ2v) is 6.79. The van der Waals surface area contributed by atoms with E-state index in [9.17, 15) is 8.42 Å². The van der Waals surface area contributed by atoms with E-state index in [4.69, 9.17) is 11.0 Å². The highest BCUT2D eigenvalue weighted by Gasteiger charge is 2.36. The minimum absolute atomic E-state index is 0.0838. The predicted octanol–water partition coefficient (Wildman–Crippen LogP) is 0.810. The Balaban J connectivity index is 2.20. The highest BCUT2D eigenvalue weighted by molar-refractivity contribution is 7.88. The van der Waals surface area contributed by atoms with Crippen molar-refractivity contribution in [2.24, 2.45) is 5.73 Å². The summed E-state index contributed by atoms with van der Waals surface area (Å²) in [7, 11) is -3.38. The summed E-state index contributed by atoms with van der Waals surface area (Å²) in [5, 5.41) is 8.82. The lowest BCUT2D eigenvalue weighted by atomic mass is 10.2. The first-order valence-corrected chi connectivity index (χ1v) is 7.79. The van der Waals surface area contributed by atoms with E-state index in [1.54, 1.807) is 24.3 Å². The normalized spacial score (nSPS) is 24.3. The Hall–Kier alpha value is -1.42. The van der Waals surface area contributed by atoms with E-state index in [-0.39, 0.29) is 17.8 Å². The van der Waals surface area contributed by atoms with Gasteiger partial charge in [-0.05, 0) is 31.0 Å². The van der Waals surface area contributed by atoms with E-state index in [1.165, 1.54) is 4.31 Å². The molecule has 19 heavy (non-hydrogen) atoms. The molecule has 1 fully saturated rings. The van der Waals surface area contributed by atoms with Crippen LogP contribution in [0.15, 0.2) is 24.3 Å². The fourth-order valence-electron chi connectivity index (χ4n) is 2.35. The summed E-state index contributed by atoms with van der Waals surface area (Å²) >= 11 is 0. The molecule has 0 aromatic heterocycles. The Morgan fingerprint density at radius 3 is 2.84 bits per heavy atom. The first kappa shape index (κ1) is 14.0. The molecule has 5 nitrogen and oxygen atoms in total. The molecule has 1 saturated heterocycles. The summed E-state index contributed by atoms with van der Waals surface area (Å²) in [5.41, 5.74) is 6.96. The number of benzene rings is 1. The molecule has 0 aliphatic carbocycles. The fraction of sp³-hybridized carbons (Fsp3) is 0.462. The fourth-order valence-corrected chi connectivity index (χ4v) is 4.16. The van der Waals surface area contributed by atoms with Crippen molar-refractivity contribution in [1.82, 2.24) is 4.31 Å². The zero-order valence-electron chi connectivity index (χ0n) is 10.8. The zero-order chi connectivity index (χ0) is 14.0. The molecule has 2 N–H and O–H groups in total. The number of nitrogens with zero attached hydrogens (tertiary/aromatic N) is 2. The van der Waals surface area contributed by atoms with E-state index >= 15 is 0 Å². The Morgan fingerprint density at radius 1 is 1.53 bits per heavy atom. The van der Waals surface area contributed by atoms with Gasteiger partial charge in [-0.1, -0.05) is 12.1 Å². The molecule has 0 spiro atoms. The quantitative estimate of drug-likeness (QED) is 0.887. The standard InChI is InChI=1S/C13H17N3O2S/c1-10-13(15)5-6-16(10)19(17,18)9-12-4-2-3-11(7-12)8-14/h2-4,7,10,13H,5-6,9,15H2,1H3. The van der Waals surface area contributed by atoms with Gasteiger partial charge < -0.3 is 5.73 Å². The molecule has 2 unspecified atom stereocenters. The molecule has 1 heterocycles. The van der Waals surface area contributed by atoms with Gasteiger partial charge in [-0.15, -0.1) is 0 Å². The second-order valence-electron chi connectivity index (χ2n) is 4.87. The van der Waals surface area contributed by atoms with Gasteiger partial charge in [0.1, 0.15) is 0 Å². The molecule has 0 radical (unpaired) electrons. The number of nitriles is 1. The largest absolute Gasteiger partial charge is 0.326 e. The predicted molar refractivity (Wildman–Crippen MR) is 72.5 cm³/mol. The van der Waals surface area contributed by atoms with Crippen LogP contribution in [0.3, 0.4) is 0 Å². The third-order valence-corrected chi connectivity index (χ3v) is 5.45. The van der Waals surface area contributed by atoms with Crippen LogP contribution < -0.4 is 5.73 Å². The SMILES string of the molecule is CC1C(N)CCN1S(=O)(=O)Cc1cccc(C#N)c1. The summed E-state index contributed by atoms with van der Waals surface area (Å²) in [6.07, 6.45) is 0.693. The highest BCUT2D eigenvalue weighted by Crippen LogP contribution is 2.22. The Kier molecular flexibility index (Phi) is 3.90. The molecule has 0 amide bonds. The lowest BCUT2D eigenvalue weighted by molar-refractivity contribution is 0.392. The molecule has 1 aliphatic heterocycles. The second kappa shape index (κ2) is 5.29. The van der Waals surface area contributed by atoms with Crippen molar-refractivity contribution in [2.75, 3.05) is 6.54 Å².